The summed E-state index contributed by atoms with van der Waals surface area (Å²) in [5.41, 5.74) is 0.681. The number of rotatable bonds is 2. The molecule has 86 valence electrons. The fraction of sp³-hybridized carbons (Fsp3) is 0.364. The van der Waals surface area contributed by atoms with Crippen molar-refractivity contribution in [3.63, 3.8) is 0 Å². The van der Waals surface area contributed by atoms with Crippen LogP contribution in [0.2, 0.25) is 0 Å². The summed E-state index contributed by atoms with van der Waals surface area (Å²) in [5, 5.41) is 30.6. The van der Waals surface area contributed by atoms with Gasteiger partial charge in [-0.1, -0.05) is 6.07 Å². The van der Waals surface area contributed by atoms with Gasteiger partial charge < -0.3 is 20.6 Å². The van der Waals surface area contributed by atoms with Gasteiger partial charge in [-0.3, -0.25) is 4.79 Å². The molecule has 1 aromatic rings. The summed E-state index contributed by atoms with van der Waals surface area (Å²) in [5.74, 6) is -1.75. The molecule has 2 rings (SSSR count). The van der Waals surface area contributed by atoms with Gasteiger partial charge in [-0.05, 0) is 30.7 Å². The zero-order valence-electron chi connectivity index (χ0n) is 8.55. The van der Waals surface area contributed by atoms with Crippen LogP contribution in [0.1, 0.15) is 18.0 Å². The van der Waals surface area contributed by atoms with E-state index in [9.17, 15) is 15.0 Å². The number of carbonyl (C=O) groups is 1. The molecule has 1 saturated heterocycles. The second-order valence-electron chi connectivity index (χ2n) is 3.91. The molecule has 5 heteroatoms. The van der Waals surface area contributed by atoms with Gasteiger partial charge in [0.15, 0.2) is 11.5 Å². The summed E-state index contributed by atoms with van der Waals surface area (Å²) in [7, 11) is 0. The normalized spacial score (nSPS) is 24.5. The number of carboxylic acid groups (broad SMARTS) is 1. The second kappa shape index (κ2) is 4.02. The number of phenolic OH excluding ortho intramolecular Hbond substituents is 2. The average molecular weight is 223 g/mol. The number of nitrogens with one attached hydrogen (secondary N) is 1. The Morgan fingerprint density at radius 3 is 2.69 bits per heavy atom. The summed E-state index contributed by atoms with van der Waals surface area (Å²) in [6.45, 7) is 0.642. The molecule has 1 fully saturated rings. The fourth-order valence-electron chi connectivity index (χ4n) is 2.05. The van der Waals surface area contributed by atoms with Gasteiger partial charge in [0.25, 0.3) is 0 Å². The number of aliphatic carboxylic acids is 1. The van der Waals surface area contributed by atoms with E-state index in [4.69, 9.17) is 5.11 Å². The molecule has 0 spiro atoms. The molecule has 16 heavy (non-hydrogen) atoms. The molecule has 1 aliphatic rings. The van der Waals surface area contributed by atoms with Gasteiger partial charge in [0, 0.05) is 6.04 Å². The zero-order valence-corrected chi connectivity index (χ0v) is 8.55. The predicted octanol–water partition coefficient (Wildman–Crippen LogP) is 0.833. The largest absolute Gasteiger partial charge is 0.504 e. The minimum Gasteiger partial charge on any atom is -0.504 e. The van der Waals surface area contributed by atoms with Crippen LogP contribution in [0.25, 0.3) is 0 Å². The Balaban J connectivity index is 2.29. The Bertz CT molecular complexity index is 418. The van der Waals surface area contributed by atoms with E-state index in [-0.39, 0.29) is 17.5 Å². The highest BCUT2D eigenvalue weighted by molar-refractivity contribution is 5.72. The van der Waals surface area contributed by atoms with E-state index < -0.39 is 11.9 Å². The average Bonchev–Trinajstić information content (AvgIpc) is 2.71. The molecule has 0 radical (unpaired) electrons. The van der Waals surface area contributed by atoms with Gasteiger partial charge >= 0.3 is 5.97 Å². The highest BCUT2D eigenvalue weighted by Crippen LogP contribution is 2.34. The van der Waals surface area contributed by atoms with Crippen molar-refractivity contribution in [2.45, 2.75) is 12.5 Å². The molecule has 2 atom stereocenters. The van der Waals surface area contributed by atoms with E-state index in [0.29, 0.717) is 18.5 Å². The molecule has 0 saturated carbocycles. The molecule has 5 nitrogen and oxygen atoms in total. The Labute approximate surface area is 92.3 Å². The molecule has 1 aromatic carbocycles. The Kier molecular flexibility index (Phi) is 2.70. The van der Waals surface area contributed by atoms with Gasteiger partial charge in [0.05, 0.1) is 5.92 Å². The summed E-state index contributed by atoms with van der Waals surface area (Å²) >= 11 is 0. The van der Waals surface area contributed by atoms with Crippen LogP contribution in [0.3, 0.4) is 0 Å². The van der Waals surface area contributed by atoms with Crippen molar-refractivity contribution in [1.82, 2.24) is 5.32 Å². The summed E-state index contributed by atoms with van der Waals surface area (Å²) in [4.78, 5) is 11.0. The van der Waals surface area contributed by atoms with Gasteiger partial charge in [-0.15, -0.1) is 0 Å². The van der Waals surface area contributed by atoms with E-state index in [1.165, 1.54) is 12.1 Å². The molecule has 0 bridgehead atoms. The van der Waals surface area contributed by atoms with Crippen LogP contribution in [0.4, 0.5) is 0 Å². The number of benzene rings is 1. The van der Waals surface area contributed by atoms with Gasteiger partial charge in [-0.25, -0.2) is 0 Å². The van der Waals surface area contributed by atoms with Crippen molar-refractivity contribution in [3.05, 3.63) is 23.8 Å². The van der Waals surface area contributed by atoms with E-state index in [0.717, 1.165) is 0 Å². The number of aromatic hydroxyl groups is 2. The van der Waals surface area contributed by atoms with Crippen LogP contribution in [0.15, 0.2) is 18.2 Å². The van der Waals surface area contributed by atoms with Crippen LogP contribution in [-0.2, 0) is 4.79 Å². The van der Waals surface area contributed by atoms with Crippen molar-refractivity contribution < 1.29 is 20.1 Å². The van der Waals surface area contributed by atoms with Gasteiger partial charge in [0.2, 0.25) is 0 Å². The molecule has 0 aliphatic carbocycles. The maximum absolute atomic E-state index is 11.0. The van der Waals surface area contributed by atoms with Crippen molar-refractivity contribution in [2.75, 3.05) is 6.54 Å². The first kappa shape index (κ1) is 10.8. The minimum absolute atomic E-state index is 0.200. The Morgan fingerprint density at radius 2 is 2.06 bits per heavy atom. The summed E-state index contributed by atoms with van der Waals surface area (Å²) in [6, 6.07) is 4.08. The Hall–Kier alpha value is -1.75. The number of hydrogen-bond donors (Lipinski definition) is 4. The molecular formula is C11H13NO4. The van der Waals surface area contributed by atoms with Crippen LogP contribution in [0.5, 0.6) is 11.5 Å². The highest BCUT2D eigenvalue weighted by Gasteiger charge is 2.33. The maximum atomic E-state index is 11.0. The van der Waals surface area contributed by atoms with Gasteiger partial charge in [0.1, 0.15) is 0 Å². The maximum Gasteiger partial charge on any atom is 0.308 e. The quantitative estimate of drug-likeness (QED) is 0.558. The fourth-order valence-corrected chi connectivity index (χ4v) is 2.05. The van der Waals surface area contributed by atoms with Crippen molar-refractivity contribution >= 4 is 5.97 Å². The number of hydrogen-bond acceptors (Lipinski definition) is 4. The first-order chi connectivity index (χ1) is 7.59. The lowest BCUT2D eigenvalue weighted by Gasteiger charge is -2.16. The molecule has 0 aromatic heterocycles. The second-order valence-corrected chi connectivity index (χ2v) is 3.91. The third-order valence-electron chi connectivity index (χ3n) is 2.90. The van der Waals surface area contributed by atoms with E-state index >= 15 is 0 Å². The van der Waals surface area contributed by atoms with Crippen LogP contribution in [0, 0.1) is 5.92 Å². The molecule has 0 unspecified atom stereocenters. The van der Waals surface area contributed by atoms with E-state index in [1.54, 1.807) is 6.07 Å². The first-order valence-corrected chi connectivity index (χ1v) is 5.07. The van der Waals surface area contributed by atoms with Crippen LogP contribution >= 0.6 is 0 Å². The van der Waals surface area contributed by atoms with Crippen molar-refractivity contribution in [3.8, 4) is 11.5 Å². The monoisotopic (exact) mass is 223 g/mol. The van der Waals surface area contributed by atoms with Crippen LogP contribution < -0.4 is 5.32 Å². The minimum atomic E-state index is -0.845. The van der Waals surface area contributed by atoms with Crippen LogP contribution in [-0.4, -0.2) is 27.8 Å². The topological polar surface area (TPSA) is 89.8 Å². The van der Waals surface area contributed by atoms with E-state index in [1.807, 2.05) is 0 Å². The number of phenols is 2. The van der Waals surface area contributed by atoms with E-state index in [2.05, 4.69) is 5.32 Å². The lowest BCUT2D eigenvalue weighted by Crippen LogP contribution is -2.23. The smallest absolute Gasteiger partial charge is 0.308 e. The molecule has 1 aliphatic heterocycles. The van der Waals surface area contributed by atoms with Crippen molar-refractivity contribution in [1.29, 1.82) is 0 Å². The SMILES string of the molecule is O=C(O)[C@H]1CCN[C@@H]1c1ccc(O)c(O)c1. The lowest BCUT2D eigenvalue weighted by atomic mass is 9.94. The standard InChI is InChI=1S/C11H13NO4/c13-8-2-1-6(5-9(8)14)10-7(11(15)16)3-4-12-10/h1-2,5,7,10,12-14H,3-4H2,(H,15,16)/t7-,10+/m0/s1. The zero-order chi connectivity index (χ0) is 11.7. The predicted molar refractivity (Wildman–Crippen MR) is 56.3 cm³/mol. The van der Waals surface area contributed by atoms with Crippen molar-refractivity contribution in [2.24, 2.45) is 5.92 Å². The van der Waals surface area contributed by atoms with Gasteiger partial charge in [-0.2, -0.15) is 0 Å². The third kappa shape index (κ3) is 1.81. The number of carboxylic acids is 1. The first-order valence-electron chi connectivity index (χ1n) is 5.07. The summed E-state index contributed by atoms with van der Waals surface area (Å²) in [6.07, 6.45) is 0.571. The highest BCUT2D eigenvalue weighted by atomic mass is 16.4. The molecule has 1 heterocycles. The third-order valence-corrected chi connectivity index (χ3v) is 2.90. The molecule has 4 N–H and O–H groups in total. The molecule has 0 amide bonds. The lowest BCUT2D eigenvalue weighted by molar-refractivity contribution is -0.142. The Morgan fingerprint density at radius 1 is 1.31 bits per heavy atom. The molecular weight excluding hydrogens is 210 g/mol. The summed E-state index contributed by atoms with van der Waals surface area (Å²) < 4.78 is 0.